The van der Waals surface area contributed by atoms with Gasteiger partial charge in [-0.1, -0.05) is 0 Å². The van der Waals surface area contributed by atoms with E-state index in [1.54, 1.807) is 44.4 Å². The first-order valence-electron chi connectivity index (χ1n) is 7.17. The molecule has 7 nitrogen and oxygen atoms in total. The Labute approximate surface area is 133 Å². The first-order chi connectivity index (χ1) is 11.1. The van der Waals surface area contributed by atoms with Crippen LogP contribution < -0.4 is 20.3 Å². The first kappa shape index (κ1) is 16.5. The highest BCUT2D eigenvalue weighted by atomic mass is 16.5. The van der Waals surface area contributed by atoms with Gasteiger partial charge in [-0.05, 0) is 37.3 Å². The Balaban J connectivity index is 1.74. The number of ether oxygens (including phenoxy) is 2. The lowest BCUT2D eigenvalue weighted by molar-refractivity contribution is -0.122. The third-order valence-corrected chi connectivity index (χ3v) is 3.05. The molecule has 0 unspecified atom stereocenters. The molecule has 2 aromatic rings. The molecule has 0 saturated heterocycles. The standard InChI is InChI=1S/C16H19N3O4/c1-12-3-8-16(21)19(18-12)11-15(20)17-9-10-23-14-6-4-13(22-2)5-7-14/h3-8H,9-11H2,1-2H3,(H,17,20). The highest BCUT2D eigenvalue weighted by Gasteiger charge is 2.05. The molecule has 1 amide bonds. The van der Waals surface area contributed by atoms with Crippen LogP contribution in [0.5, 0.6) is 11.5 Å². The van der Waals surface area contributed by atoms with Gasteiger partial charge >= 0.3 is 0 Å². The van der Waals surface area contributed by atoms with Crippen LogP contribution in [0.25, 0.3) is 0 Å². The number of nitrogens with one attached hydrogen (secondary N) is 1. The Morgan fingerprint density at radius 1 is 1.17 bits per heavy atom. The van der Waals surface area contributed by atoms with Crippen LogP contribution in [-0.2, 0) is 11.3 Å². The van der Waals surface area contributed by atoms with Crippen molar-refractivity contribution in [2.24, 2.45) is 0 Å². The smallest absolute Gasteiger partial charge is 0.267 e. The van der Waals surface area contributed by atoms with Crippen LogP contribution in [0.4, 0.5) is 0 Å². The molecule has 122 valence electrons. The lowest BCUT2D eigenvalue weighted by Gasteiger charge is -2.09. The van der Waals surface area contributed by atoms with Crippen LogP contribution >= 0.6 is 0 Å². The average Bonchev–Trinajstić information content (AvgIpc) is 2.55. The molecule has 0 bridgehead atoms. The Kier molecular flexibility index (Phi) is 5.74. The van der Waals surface area contributed by atoms with Crippen molar-refractivity contribution in [3.05, 3.63) is 52.4 Å². The van der Waals surface area contributed by atoms with Crippen molar-refractivity contribution in [3.8, 4) is 11.5 Å². The molecule has 0 radical (unpaired) electrons. The maximum Gasteiger partial charge on any atom is 0.267 e. The number of aromatic nitrogens is 2. The molecule has 0 aliphatic carbocycles. The summed E-state index contributed by atoms with van der Waals surface area (Å²) in [4.78, 5) is 23.3. The number of nitrogens with zero attached hydrogens (tertiary/aromatic N) is 2. The molecule has 0 saturated carbocycles. The number of benzene rings is 1. The predicted octanol–water partition coefficient (Wildman–Crippen LogP) is 0.756. The predicted molar refractivity (Wildman–Crippen MR) is 84.7 cm³/mol. The number of carbonyl (C=O) groups excluding carboxylic acids is 1. The van der Waals surface area contributed by atoms with Crippen molar-refractivity contribution in [1.29, 1.82) is 0 Å². The Morgan fingerprint density at radius 2 is 1.87 bits per heavy atom. The molecular formula is C16H19N3O4. The highest BCUT2D eigenvalue weighted by molar-refractivity contribution is 5.75. The molecule has 7 heteroatoms. The average molecular weight is 317 g/mol. The third-order valence-electron chi connectivity index (χ3n) is 3.05. The molecule has 0 aliphatic rings. The van der Waals surface area contributed by atoms with Gasteiger partial charge in [-0.15, -0.1) is 0 Å². The van der Waals surface area contributed by atoms with Crippen molar-refractivity contribution in [2.75, 3.05) is 20.3 Å². The van der Waals surface area contributed by atoms with Gasteiger partial charge in [0.2, 0.25) is 5.91 Å². The van der Waals surface area contributed by atoms with Gasteiger partial charge in [-0.25, -0.2) is 4.68 Å². The van der Waals surface area contributed by atoms with Gasteiger partial charge in [0.05, 0.1) is 19.3 Å². The molecule has 0 atom stereocenters. The van der Waals surface area contributed by atoms with E-state index in [9.17, 15) is 9.59 Å². The number of carbonyl (C=O) groups is 1. The van der Waals surface area contributed by atoms with E-state index in [1.165, 1.54) is 6.07 Å². The molecule has 2 rings (SSSR count). The second-order valence-corrected chi connectivity index (χ2v) is 4.84. The number of hydrogen-bond donors (Lipinski definition) is 1. The minimum Gasteiger partial charge on any atom is -0.497 e. The van der Waals surface area contributed by atoms with Gasteiger partial charge in [0, 0.05) is 6.07 Å². The number of methoxy groups -OCH3 is 1. The molecule has 23 heavy (non-hydrogen) atoms. The summed E-state index contributed by atoms with van der Waals surface area (Å²) in [5.41, 5.74) is 0.375. The monoisotopic (exact) mass is 317 g/mol. The molecule has 1 heterocycles. The van der Waals surface area contributed by atoms with Crippen molar-refractivity contribution in [1.82, 2.24) is 15.1 Å². The van der Waals surface area contributed by atoms with E-state index in [0.717, 1.165) is 10.4 Å². The van der Waals surface area contributed by atoms with Crippen LogP contribution in [0.1, 0.15) is 5.69 Å². The molecular weight excluding hydrogens is 298 g/mol. The second kappa shape index (κ2) is 7.98. The normalized spacial score (nSPS) is 10.2. The molecule has 0 aliphatic heterocycles. The van der Waals surface area contributed by atoms with Crippen LogP contribution in [0, 0.1) is 6.92 Å². The molecule has 1 N–H and O–H groups in total. The largest absolute Gasteiger partial charge is 0.497 e. The van der Waals surface area contributed by atoms with E-state index < -0.39 is 0 Å². The number of aryl methyl sites for hydroxylation is 1. The number of rotatable bonds is 7. The quantitative estimate of drug-likeness (QED) is 0.762. The maximum atomic E-state index is 11.8. The topological polar surface area (TPSA) is 82.4 Å². The lowest BCUT2D eigenvalue weighted by atomic mass is 10.3. The van der Waals surface area contributed by atoms with Gasteiger partial charge in [-0.3, -0.25) is 9.59 Å². The first-order valence-corrected chi connectivity index (χ1v) is 7.17. The van der Waals surface area contributed by atoms with Crippen molar-refractivity contribution in [3.63, 3.8) is 0 Å². The van der Waals surface area contributed by atoms with E-state index in [0.29, 0.717) is 24.6 Å². The number of hydrogen-bond acceptors (Lipinski definition) is 5. The zero-order valence-electron chi connectivity index (χ0n) is 13.1. The summed E-state index contributed by atoms with van der Waals surface area (Å²) in [6, 6.07) is 10.2. The number of amides is 1. The summed E-state index contributed by atoms with van der Waals surface area (Å²) in [6.07, 6.45) is 0. The second-order valence-electron chi connectivity index (χ2n) is 4.84. The summed E-state index contributed by atoms with van der Waals surface area (Å²) in [5, 5.41) is 6.69. The zero-order chi connectivity index (χ0) is 16.7. The fourth-order valence-electron chi connectivity index (χ4n) is 1.89. The van der Waals surface area contributed by atoms with E-state index >= 15 is 0 Å². The fraction of sp³-hybridized carbons (Fsp3) is 0.312. The summed E-state index contributed by atoms with van der Waals surface area (Å²) >= 11 is 0. The summed E-state index contributed by atoms with van der Waals surface area (Å²) in [6.45, 7) is 2.32. The summed E-state index contributed by atoms with van der Waals surface area (Å²) in [5.74, 6) is 1.15. The van der Waals surface area contributed by atoms with E-state index in [4.69, 9.17) is 9.47 Å². The maximum absolute atomic E-state index is 11.8. The van der Waals surface area contributed by atoms with Gasteiger partial charge in [0.1, 0.15) is 24.7 Å². The molecule has 0 spiro atoms. The fourth-order valence-corrected chi connectivity index (χ4v) is 1.89. The Bertz CT molecular complexity index is 710. The SMILES string of the molecule is COc1ccc(OCCNC(=O)Cn2nc(C)ccc2=O)cc1. The minimum atomic E-state index is -0.305. The Hall–Kier alpha value is -2.83. The van der Waals surface area contributed by atoms with Crippen LogP contribution in [0.2, 0.25) is 0 Å². The van der Waals surface area contributed by atoms with Crippen LogP contribution in [0.15, 0.2) is 41.2 Å². The summed E-state index contributed by atoms with van der Waals surface area (Å²) < 4.78 is 11.7. The lowest BCUT2D eigenvalue weighted by Crippen LogP contribution is -2.35. The molecule has 1 aromatic heterocycles. The molecule has 1 aromatic carbocycles. The zero-order valence-corrected chi connectivity index (χ0v) is 13.1. The van der Waals surface area contributed by atoms with E-state index in [2.05, 4.69) is 10.4 Å². The van der Waals surface area contributed by atoms with Crippen LogP contribution in [0.3, 0.4) is 0 Å². The van der Waals surface area contributed by atoms with Gasteiger partial charge < -0.3 is 14.8 Å². The van der Waals surface area contributed by atoms with Gasteiger partial charge in [-0.2, -0.15) is 5.10 Å². The van der Waals surface area contributed by atoms with Crippen LogP contribution in [-0.4, -0.2) is 35.9 Å². The van der Waals surface area contributed by atoms with Crippen molar-refractivity contribution in [2.45, 2.75) is 13.5 Å². The van der Waals surface area contributed by atoms with Crippen molar-refractivity contribution >= 4 is 5.91 Å². The third kappa shape index (κ3) is 5.14. The Morgan fingerprint density at radius 3 is 2.57 bits per heavy atom. The highest BCUT2D eigenvalue weighted by Crippen LogP contribution is 2.16. The molecule has 0 fully saturated rings. The van der Waals surface area contributed by atoms with Crippen molar-refractivity contribution < 1.29 is 14.3 Å². The summed E-state index contributed by atoms with van der Waals surface area (Å²) in [7, 11) is 1.60. The van der Waals surface area contributed by atoms with Gasteiger partial charge in [0.15, 0.2) is 0 Å². The minimum absolute atomic E-state index is 0.108. The van der Waals surface area contributed by atoms with Gasteiger partial charge in [0.25, 0.3) is 5.56 Å². The van der Waals surface area contributed by atoms with E-state index in [1.807, 2.05) is 0 Å². The van der Waals surface area contributed by atoms with E-state index in [-0.39, 0.29) is 18.0 Å².